The zero-order valence-electron chi connectivity index (χ0n) is 13.8. The molecule has 2 aromatic rings. The van der Waals surface area contributed by atoms with Gasteiger partial charge in [0.25, 0.3) is 5.91 Å². The minimum atomic E-state index is -4.50. The molecule has 3 heterocycles. The number of aliphatic carboxylic acids is 1. The van der Waals surface area contributed by atoms with E-state index in [0.717, 1.165) is 22.1 Å². The van der Waals surface area contributed by atoms with Crippen molar-refractivity contribution in [3.05, 3.63) is 28.8 Å². The summed E-state index contributed by atoms with van der Waals surface area (Å²) in [5, 5.41) is 13.0. The summed E-state index contributed by atoms with van der Waals surface area (Å²) >= 11 is 1.05. The van der Waals surface area contributed by atoms with Gasteiger partial charge in [0.15, 0.2) is 0 Å². The van der Waals surface area contributed by atoms with E-state index in [2.05, 4.69) is 5.10 Å². The van der Waals surface area contributed by atoms with Crippen molar-refractivity contribution < 1.29 is 27.9 Å². The normalized spacial score (nSPS) is 18.2. The summed E-state index contributed by atoms with van der Waals surface area (Å²) in [5.41, 5.74) is -0.722. The first-order valence-corrected chi connectivity index (χ1v) is 8.72. The molecule has 0 spiro atoms. The van der Waals surface area contributed by atoms with Crippen LogP contribution in [0.25, 0.3) is 10.6 Å². The molecule has 0 aliphatic carbocycles. The number of carbonyl (C=O) groups is 2. The summed E-state index contributed by atoms with van der Waals surface area (Å²) in [6.45, 7) is 0.612. The van der Waals surface area contributed by atoms with E-state index in [9.17, 15) is 22.8 Å². The lowest BCUT2D eigenvalue weighted by atomic mass is 9.98. The van der Waals surface area contributed by atoms with E-state index in [4.69, 9.17) is 5.11 Å². The first-order chi connectivity index (χ1) is 12.2. The molecule has 26 heavy (non-hydrogen) atoms. The second kappa shape index (κ2) is 6.75. The van der Waals surface area contributed by atoms with Gasteiger partial charge in [-0.15, -0.1) is 11.3 Å². The number of hydrogen-bond acceptors (Lipinski definition) is 4. The minimum absolute atomic E-state index is 0.142. The third kappa shape index (κ3) is 3.59. The van der Waals surface area contributed by atoms with E-state index < -0.39 is 23.8 Å². The Hall–Kier alpha value is -2.36. The summed E-state index contributed by atoms with van der Waals surface area (Å²) < 4.78 is 39.4. The second-order valence-electron chi connectivity index (χ2n) is 6.13. The zero-order valence-corrected chi connectivity index (χ0v) is 14.6. The Balaban J connectivity index is 1.80. The lowest BCUT2D eigenvalue weighted by molar-refractivity contribution is -0.144. The van der Waals surface area contributed by atoms with Crippen LogP contribution < -0.4 is 0 Å². The van der Waals surface area contributed by atoms with Crippen LogP contribution in [0.15, 0.2) is 18.2 Å². The van der Waals surface area contributed by atoms with E-state index in [1.807, 2.05) is 0 Å². The van der Waals surface area contributed by atoms with Crippen molar-refractivity contribution >= 4 is 23.2 Å². The van der Waals surface area contributed by atoms with Crippen LogP contribution in [0.1, 0.15) is 28.2 Å². The van der Waals surface area contributed by atoms with Crippen molar-refractivity contribution in [2.75, 3.05) is 13.1 Å². The highest BCUT2D eigenvalue weighted by Crippen LogP contribution is 2.34. The summed E-state index contributed by atoms with van der Waals surface area (Å²) in [4.78, 5) is 26.0. The molecule has 1 fully saturated rings. The maximum absolute atomic E-state index is 12.9. The van der Waals surface area contributed by atoms with Gasteiger partial charge in [0.1, 0.15) is 11.4 Å². The van der Waals surface area contributed by atoms with E-state index in [0.29, 0.717) is 29.1 Å². The molecular formula is C16H16F3N3O3S. The van der Waals surface area contributed by atoms with Gasteiger partial charge in [-0.2, -0.15) is 18.3 Å². The molecule has 1 unspecified atom stereocenters. The molecule has 1 N–H and O–H groups in total. The maximum Gasteiger partial charge on any atom is 0.433 e. The van der Waals surface area contributed by atoms with Crippen molar-refractivity contribution in [3.63, 3.8) is 0 Å². The Labute approximate surface area is 150 Å². The van der Waals surface area contributed by atoms with E-state index in [-0.39, 0.29) is 18.1 Å². The smallest absolute Gasteiger partial charge is 0.433 e. The standard InChI is InChI=1S/C16H16F3N3O3S/c1-21-13(16(17,18)19)7-10(20-21)11-4-5-12(26-11)14(23)22-6-2-3-9(8-22)15(24)25/h4-5,7,9H,2-3,6,8H2,1H3,(H,24,25). The van der Waals surface area contributed by atoms with Crippen LogP contribution in [0.2, 0.25) is 0 Å². The van der Waals surface area contributed by atoms with Crippen molar-refractivity contribution in [2.45, 2.75) is 19.0 Å². The van der Waals surface area contributed by atoms with Crippen LogP contribution in [0.4, 0.5) is 13.2 Å². The fraction of sp³-hybridized carbons (Fsp3) is 0.438. The molecule has 1 saturated heterocycles. The fourth-order valence-corrected chi connectivity index (χ4v) is 3.89. The van der Waals surface area contributed by atoms with Gasteiger partial charge in [0.2, 0.25) is 0 Å². The van der Waals surface area contributed by atoms with Gasteiger partial charge in [-0.3, -0.25) is 14.3 Å². The van der Waals surface area contributed by atoms with Gasteiger partial charge in [-0.05, 0) is 31.0 Å². The number of halogens is 3. The number of hydrogen-bond donors (Lipinski definition) is 1. The van der Waals surface area contributed by atoms with Gasteiger partial charge in [-0.1, -0.05) is 0 Å². The number of thiophene rings is 1. The Kier molecular flexibility index (Phi) is 4.78. The van der Waals surface area contributed by atoms with Gasteiger partial charge in [0.05, 0.1) is 15.7 Å². The maximum atomic E-state index is 12.9. The molecule has 3 rings (SSSR count). The third-order valence-electron chi connectivity index (χ3n) is 4.30. The van der Waals surface area contributed by atoms with Crippen LogP contribution in [0.3, 0.4) is 0 Å². The molecule has 0 bridgehead atoms. The molecule has 1 amide bonds. The topological polar surface area (TPSA) is 75.4 Å². The SMILES string of the molecule is Cn1nc(-c2ccc(C(=O)N3CCCC(C(=O)O)C3)s2)cc1C(F)(F)F. The molecule has 1 atom stereocenters. The Bertz CT molecular complexity index is 843. The predicted molar refractivity (Wildman–Crippen MR) is 87.8 cm³/mol. The quantitative estimate of drug-likeness (QED) is 0.878. The lowest BCUT2D eigenvalue weighted by Gasteiger charge is -2.30. The van der Waals surface area contributed by atoms with Crippen LogP contribution in [0.5, 0.6) is 0 Å². The van der Waals surface area contributed by atoms with Gasteiger partial charge in [-0.25, -0.2) is 0 Å². The number of carboxylic acids is 1. The number of aromatic nitrogens is 2. The van der Waals surface area contributed by atoms with Gasteiger partial charge in [0, 0.05) is 20.1 Å². The average molecular weight is 387 g/mol. The predicted octanol–water partition coefficient (Wildman–Crippen LogP) is 3.10. The Morgan fingerprint density at radius 1 is 1.35 bits per heavy atom. The van der Waals surface area contributed by atoms with Crippen molar-refractivity contribution in [2.24, 2.45) is 13.0 Å². The number of piperidine rings is 1. The lowest BCUT2D eigenvalue weighted by Crippen LogP contribution is -2.42. The minimum Gasteiger partial charge on any atom is -0.481 e. The van der Waals surface area contributed by atoms with E-state index in [1.165, 1.54) is 18.0 Å². The molecule has 1 aliphatic rings. The monoisotopic (exact) mass is 387 g/mol. The number of amides is 1. The summed E-state index contributed by atoms with van der Waals surface area (Å²) in [6, 6.07) is 4.04. The summed E-state index contributed by atoms with van der Waals surface area (Å²) in [6.07, 6.45) is -3.37. The number of rotatable bonds is 3. The largest absolute Gasteiger partial charge is 0.481 e. The molecule has 0 radical (unpaired) electrons. The van der Waals surface area contributed by atoms with Gasteiger partial charge < -0.3 is 10.0 Å². The molecule has 0 aromatic carbocycles. The number of aryl methyl sites for hydroxylation is 1. The van der Waals surface area contributed by atoms with Crippen LogP contribution in [0, 0.1) is 5.92 Å². The van der Waals surface area contributed by atoms with Gasteiger partial charge >= 0.3 is 12.1 Å². The average Bonchev–Trinajstić information content (AvgIpc) is 3.20. The van der Waals surface area contributed by atoms with E-state index in [1.54, 1.807) is 6.07 Å². The number of alkyl halides is 3. The Morgan fingerprint density at radius 3 is 2.69 bits per heavy atom. The molecular weight excluding hydrogens is 371 g/mol. The molecule has 140 valence electrons. The second-order valence-corrected chi connectivity index (χ2v) is 7.21. The highest BCUT2D eigenvalue weighted by atomic mass is 32.1. The molecule has 6 nitrogen and oxygen atoms in total. The molecule has 10 heteroatoms. The van der Waals surface area contributed by atoms with Crippen molar-refractivity contribution in [1.29, 1.82) is 0 Å². The highest BCUT2D eigenvalue weighted by molar-refractivity contribution is 7.17. The number of carbonyl (C=O) groups excluding carboxylic acids is 1. The molecule has 2 aromatic heterocycles. The van der Waals surface area contributed by atoms with Crippen LogP contribution in [-0.4, -0.2) is 44.8 Å². The number of carboxylic acid groups (broad SMARTS) is 1. The molecule has 1 aliphatic heterocycles. The zero-order chi connectivity index (χ0) is 19.1. The third-order valence-corrected chi connectivity index (χ3v) is 5.39. The molecule has 0 saturated carbocycles. The summed E-state index contributed by atoms with van der Waals surface area (Å²) in [7, 11) is 1.21. The number of nitrogens with zero attached hydrogens (tertiary/aromatic N) is 3. The first-order valence-electron chi connectivity index (χ1n) is 7.90. The van der Waals surface area contributed by atoms with Crippen molar-refractivity contribution in [1.82, 2.24) is 14.7 Å². The van der Waals surface area contributed by atoms with Crippen molar-refractivity contribution in [3.8, 4) is 10.6 Å². The highest BCUT2D eigenvalue weighted by Gasteiger charge is 2.35. The van der Waals surface area contributed by atoms with Crippen LogP contribution >= 0.6 is 11.3 Å². The first kappa shape index (κ1) is 18.4. The van der Waals surface area contributed by atoms with E-state index >= 15 is 0 Å². The number of likely N-dealkylation sites (tertiary alicyclic amines) is 1. The van der Waals surface area contributed by atoms with Crippen LogP contribution in [-0.2, 0) is 18.0 Å². The summed E-state index contributed by atoms with van der Waals surface area (Å²) in [5.74, 6) is -1.82. The fourth-order valence-electron chi connectivity index (χ4n) is 2.96. The Morgan fingerprint density at radius 2 is 2.08 bits per heavy atom.